The van der Waals surface area contributed by atoms with Gasteiger partial charge in [-0.2, -0.15) is 0 Å². The molecule has 0 amide bonds. The van der Waals surface area contributed by atoms with Gasteiger partial charge in [0.05, 0.1) is 13.2 Å². The first kappa shape index (κ1) is 14.6. The Bertz CT molecular complexity index is 350. The van der Waals surface area contributed by atoms with E-state index >= 15 is 0 Å². The predicted octanol–water partition coefficient (Wildman–Crippen LogP) is 2.82. The van der Waals surface area contributed by atoms with E-state index in [-0.39, 0.29) is 0 Å². The van der Waals surface area contributed by atoms with Crippen molar-refractivity contribution in [2.45, 2.75) is 26.3 Å². The van der Waals surface area contributed by atoms with E-state index in [4.69, 9.17) is 16.1 Å². The molecule has 0 heterocycles. The van der Waals surface area contributed by atoms with Crippen LogP contribution >= 0.6 is 0 Å². The molecule has 0 spiro atoms. The van der Waals surface area contributed by atoms with Gasteiger partial charge in [-0.15, -0.1) is 0 Å². The first-order valence-electron chi connectivity index (χ1n) is 6.35. The van der Waals surface area contributed by atoms with E-state index in [2.05, 4.69) is 19.2 Å². The van der Waals surface area contributed by atoms with E-state index < -0.39 is 0 Å². The van der Waals surface area contributed by atoms with Crippen LogP contribution in [0.3, 0.4) is 0 Å². The summed E-state index contributed by atoms with van der Waals surface area (Å²) >= 11 is 0. The number of hydrogen-bond acceptors (Lipinski definition) is 3. The molecule has 3 heteroatoms. The Labute approximate surface area is 110 Å². The van der Waals surface area contributed by atoms with Gasteiger partial charge in [0.1, 0.15) is 0 Å². The lowest BCUT2D eigenvalue weighted by Gasteiger charge is -2.13. The molecule has 1 aromatic rings. The highest BCUT2D eigenvalue weighted by molar-refractivity contribution is 5.39. The Balaban J connectivity index is 2.34. The summed E-state index contributed by atoms with van der Waals surface area (Å²) < 4.78 is 11.2. The van der Waals surface area contributed by atoms with Crippen LogP contribution in [0.25, 0.3) is 0 Å². The van der Waals surface area contributed by atoms with Crippen molar-refractivity contribution < 1.29 is 9.47 Å². The maximum absolute atomic E-state index is 5.70. The third kappa shape index (κ3) is 5.73. The molecule has 3 nitrogen and oxygen atoms in total. The molecule has 1 N–H and O–H groups in total. The van der Waals surface area contributed by atoms with E-state index in [9.17, 15) is 0 Å². The molecule has 100 valence electrons. The van der Waals surface area contributed by atoms with Gasteiger partial charge in [-0.3, -0.25) is 0 Å². The van der Waals surface area contributed by atoms with Crippen LogP contribution in [0.1, 0.15) is 20.3 Å². The first-order valence-corrected chi connectivity index (χ1v) is 6.35. The molecule has 0 aromatic heterocycles. The number of ether oxygens (including phenoxy) is 2. The molecular formula is C15H22NO2-. The van der Waals surface area contributed by atoms with Crippen molar-refractivity contribution in [3.8, 4) is 11.5 Å². The van der Waals surface area contributed by atoms with Gasteiger partial charge in [-0.25, -0.2) is 6.08 Å². The molecule has 0 fully saturated rings. The van der Waals surface area contributed by atoms with Gasteiger partial charge in [0, 0.05) is 6.04 Å². The molecule has 0 aliphatic heterocycles. The van der Waals surface area contributed by atoms with Gasteiger partial charge in [0.2, 0.25) is 0 Å². The minimum atomic E-state index is 0.384. The molecular weight excluding hydrogens is 226 g/mol. The van der Waals surface area contributed by atoms with Crippen LogP contribution in [-0.4, -0.2) is 25.8 Å². The normalized spacial score (nSPS) is 10.4. The highest BCUT2D eigenvalue weighted by Crippen LogP contribution is 2.26. The summed E-state index contributed by atoms with van der Waals surface area (Å²) in [6.45, 7) is 11.6. The third-order valence-corrected chi connectivity index (χ3v) is 2.32. The lowest BCUT2D eigenvalue weighted by Crippen LogP contribution is -2.24. The van der Waals surface area contributed by atoms with Crippen molar-refractivity contribution in [2.75, 3.05) is 19.8 Å². The summed E-state index contributed by atoms with van der Waals surface area (Å²) in [4.78, 5) is 0. The highest BCUT2D eigenvalue weighted by Gasteiger charge is 2.02. The zero-order valence-corrected chi connectivity index (χ0v) is 11.2. The SMILES string of the molecule is [CH-]=CCOc1ccccc1OCCCNC(C)C. The Morgan fingerprint density at radius 3 is 2.50 bits per heavy atom. The summed E-state index contributed by atoms with van der Waals surface area (Å²) in [5.74, 6) is 1.50. The second-order valence-electron chi connectivity index (χ2n) is 4.30. The van der Waals surface area contributed by atoms with Crippen molar-refractivity contribution in [3.63, 3.8) is 0 Å². The van der Waals surface area contributed by atoms with Crippen LogP contribution in [0, 0.1) is 6.58 Å². The Hall–Kier alpha value is -1.48. The molecule has 1 rings (SSSR count). The fourth-order valence-corrected chi connectivity index (χ4v) is 1.47. The molecule has 18 heavy (non-hydrogen) atoms. The average Bonchev–Trinajstić information content (AvgIpc) is 2.36. The lowest BCUT2D eigenvalue weighted by molar-refractivity contribution is 0.277. The standard InChI is InChI=1S/C15H22NO2/c1-4-11-17-14-8-5-6-9-15(14)18-12-7-10-16-13(2)3/h1,4-6,8-9,13,16H,7,10-12H2,2-3H3/q-1. The Morgan fingerprint density at radius 2 is 1.89 bits per heavy atom. The van der Waals surface area contributed by atoms with Crippen molar-refractivity contribution in [2.24, 2.45) is 0 Å². The first-order chi connectivity index (χ1) is 8.74. The fraction of sp³-hybridized carbons (Fsp3) is 0.467. The van der Waals surface area contributed by atoms with Crippen molar-refractivity contribution in [1.29, 1.82) is 0 Å². The monoisotopic (exact) mass is 248 g/mol. The summed E-state index contributed by atoms with van der Waals surface area (Å²) in [5, 5.41) is 3.35. The summed E-state index contributed by atoms with van der Waals surface area (Å²) in [6.07, 6.45) is 2.44. The van der Waals surface area contributed by atoms with Gasteiger partial charge in [0.15, 0.2) is 11.5 Å². The van der Waals surface area contributed by atoms with Crippen LogP contribution in [-0.2, 0) is 0 Å². The zero-order valence-electron chi connectivity index (χ0n) is 11.2. The topological polar surface area (TPSA) is 30.5 Å². The number of nitrogens with one attached hydrogen (secondary N) is 1. The number of para-hydroxylation sites is 2. The van der Waals surface area contributed by atoms with Gasteiger partial charge in [-0.05, 0) is 25.1 Å². The molecule has 0 bridgehead atoms. The molecule has 0 saturated heterocycles. The average molecular weight is 248 g/mol. The summed E-state index contributed by atoms with van der Waals surface area (Å²) in [5.41, 5.74) is 0. The number of benzene rings is 1. The van der Waals surface area contributed by atoms with E-state index in [1.54, 1.807) is 0 Å². The van der Waals surface area contributed by atoms with Gasteiger partial charge >= 0.3 is 0 Å². The molecule has 0 saturated carbocycles. The van der Waals surface area contributed by atoms with Crippen molar-refractivity contribution >= 4 is 0 Å². The van der Waals surface area contributed by atoms with E-state index in [0.29, 0.717) is 19.3 Å². The molecule has 0 unspecified atom stereocenters. The van der Waals surface area contributed by atoms with Gasteiger partial charge in [0.25, 0.3) is 0 Å². The quantitative estimate of drug-likeness (QED) is 0.538. The number of rotatable bonds is 9. The van der Waals surface area contributed by atoms with Crippen LogP contribution in [0.4, 0.5) is 0 Å². The van der Waals surface area contributed by atoms with E-state index in [0.717, 1.165) is 24.5 Å². The van der Waals surface area contributed by atoms with Crippen LogP contribution in [0.2, 0.25) is 0 Å². The van der Waals surface area contributed by atoms with Crippen molar-refractivity contribution in [1.82, 2.24) is 5.32 Å². The van der Waals surface area contributed by atoms with Crippen LogP contribution < -0.4 is 14.8 Å². The third-order valence-electron chi connectivity index (χ3n) is 2.32. The van der Waals surface area contributed by atoms with Crippen LogP contribution in [0.5, 0.6) is 11.5 Å². The lowest BCUT2D eigenvalue weighted by atomic mass is 10.3. The summed E-state index contributed by atoms with van der Waals surface area (Å²) in [6, 6.07) is 8.15. The van der Waals surface area contributed by atoms with E-state index in [1.807, 2.05) is 24.3 Å². The molecule has 0 radical (unpaired) electrons. The van der Waals surface area contributed by atoms with Crippen LogP contribution in [0.15, 0.2) is 30.3 Å². The highest BCUT2D eigenvalue weighted by atomic mass is 16.5. The van der Waals surface area contributed by atoms with E-state index in [1.165, 1.54) is 6.08 Å². The molecule has 0 aliphatic carbocycles. The maximum Gasteiger partial charge on any atom is 0.161 e. The Morgan fingerprint density at radius 1 is 1.22 bits per heavy atom. The molecule has 0 aliphatic rings. The fourth-order valence-electron chi connectivity index (χ4n) is 1.47. The van der Waals surface area contributed by atoms with Gasteiger partial charge in [-0.1, -0.05) is 26.0 Å². The molecule has 0 atom stereocenters. The van der Waals surface area contributed by atoms with Crippen molar-refractivity contribution in [3.05, 3.63) is 36.9 Å². The summed E-state index contributed by atoms with van der Waals surface area (Å²) in [7, 11) is 0. The predicted molar refractivity (Wildman–Crippen MR) is 74.1 cm³/mol. The largest absolute Gasteiger partial charge is 0.515 e. The second-order valence-corrected chi connectivity index (χ2v) is 4.30. The minimum absolute atomic E-state index is 0.384. The number of hydrogen-bond donors (Lipinski definition) is 1. The zero-order chi connectivity index (χ0) is 13.2. The Kier molecular flexibility index (Phi) is 6.96. The van der Waals surface area contributed by atoms with Gasteiger partial charge < -0.3 is 21.4 Å². The second kappa shape index (κ2) is 8.59. The smallest absolute Gasteiger partial charge is 0.161 e. The minimum Gasteiger partial charge on any atom is -0.515 e. The molecule has 1 aromatic carbocycles. The maximum atomic E-state index is 5.70.